The normalized spacial score (nSPS) is 13.2. The van der Waals surface area contributed by atoms with E-state index in [1.807, 2.05) is 41.1 Å². The highest BCUT2D eigenvalue weighted by Crippen LogP contribution is 2.32. The van der Waals surface area contributed by atoms with E-state index in [-0.39, 0.29) is 16.5 Å². The summed E-state index contributed by atoms with van der Waals surface area (Å²) in [5.74, 6) is 0.636. The quantitative estimate of drug-likeness (QED) is 0.246. The van der Waals surface area contributed by atoms with E-state index in [0.717, 1.165) is 27.6 Å². The minimum atomic E-state index is -0.500. The van der Waals surface area contributed by atoms with E-state index >= 15 is 0 Å². The predicted molar refractivity (Wildman–Crippen MR) is 165 cm³/mol. The fourth-order valence-corrected chi connectivity index (χ4v) is 5.29. The van der Waals surface area contributed by atoms with Crippen LogP contribution >= 0.6 is 0 Å². The number of pyridine rings is 1. The fourth-order valence-electron chi connectivity index (χ4n) is 5.29. The molecular formula is C34H40N6O. The highest BCUT2D eigenvalue weighted by atomic mass is 16.1. The summed E-state index contributed by atoms with van der Waals surface area (Å²) >= 11 is 0. The molecule has 0 saturated carbocycles. The van der Waals surface area contributed by atoms with Crippen molar-refractivity contribution in [3.8, 4) is 0 Å². The molecule has 0 bridgehead atoms. The van der Waals surface area contributed by atoms with Gasteiger partial charge in [-0.1, -0.05) is 87.0 Å². The lowest BCUT2D eigenvalue weighted by atomic mass is 9.86. The van der Waals surface area contributed by atoms with Crippen LogP contribution < -0.4 is 5.56 Å². The molecule has 0 aliphatic rings. The van der Waals surface area contributed by atoms with Crippen LogP contribution in [0, 0.1) is 6.92 Å². The van der Waals surface area contributed by atoms with E-state index in [9.17, 15) is 4.79 Å². The molecule has 0 fully saturated rings. The van der Waals surface area contributed by atoms with Crippen LogP contribution in [-0.2, 0) is 24.0 Å². The zero-order valence-corrected chi connectivity index (χ0v) is 25.1. The van der Waals surface area contributed by atoms with Gasteiger partial charge < -0.3 is 4.98 Å². The average Bonchev–Trinajstić information content (AvgIpc) is 3.40. The van der Waals surface area contributed by atoms with Crippen LogP contribution in [0.2, 0.25) is 0 Å². The first kappa shape index (κ1) is 28.4. The number of aryl methyl sites for hydroxylation is 1. The van der Waals surface area contributed by atoms with Crippen molar-refractivity contribution in [2.45, 2.75) is 78.6 Å². The molecule has 0 aliphatic heterocycles. The summed E-state index contributed by atoms with van der Waals surface area (Å²) in [5, 5.41) is 14.0. The van der Waals surface area contributed by atoms with E-state index < -0.39 is 6.04 Å². The van der Waals surface area contributed by atoms with E-state index in [4.69, 9.17) is 0 Å². The van der Waals surface area contributed by atoms with Gasteiger partial charge in [-0.15, -0.1) is 5.10 Å². The Bertz CT molecular complexity index is 1690. The summed E-state index contributed by atoms with van der Waals surface area (Å²) in [6.07, 6.45) is 0. The second-order valence-corrected chi connectivity index (χ2v) is 13.0. The second-order valence-electron chi connectivity index (χ2n) is 13.0. The molecule has 1 atom stereocenters. The summed E-state index contributed by atoms with van der Waals surface area (Å²) < 4.78 is 1.85. The highest BCUT2D eigenvalue weighted by Gasteiger charge is 2.33. The molecule has 0 spiro atoms. The van der Waals surface area contributed by atoms with Gasteiger partial charge in [-0.05, 0) is 83.8 Å². The molecule has 0 radical (unpaired) electrons. The molecule has 0 saturated heterocycles. The molecule has 3 aromatic carbocycles. The number of nitrogens with zero attached hydrogens (tertiary/aromatic N) is 5. The average molecular weight is 549 g/mol. The van der Waals surface area contributed by atoms with Crippen molar-refractivity contribution in [3.63, 3.8) is 0 Å². The number of aromatic amines is 1. The van der Waals surface area contributed by atoms with Gasteiger partial charge in [0.15, 0.2) is 5.82 Å². The van der Waals surface area contributed by atoms with Crippen molar-refractivity contribution in [2.24, 2.45) is 0 Å². The second kappa shape index (κ2) is 11.1. The molecule has 2 aromatic heterocycles. The van der Waals surface area contributed by atoms with Gasteiger partial charge in [0.25, 0.3) is 5.56 Å². The van der Waals surface area contributed by atoms with Crippen LogP contribution in [0.4, 0.5) is 0 Å². The van der Waals surface area contributed by atoms with Crippen LogP contribution in [0.15, 0.2) is 83.7 Å². The van der Waals surface area contributed by atoms with Crippen molar-refractivity contribution in [1.29, 1.82) is 0 Å². The number of benzene rings is 3. The Morgan fingerprint density at radius 3 is 2.15 bits per heavy atom. The van der Waals surface area contributed by atoms with Gasteiger partial charge >= 0.3 is 0 Å². The lowest BCUT2D eigenvalue weighted by molar-refractivity contribution is 0.184. The number of hydrogen-bond acceptors (Lipinski definition) is 5. The Labute approximate surface area is 242 Å². The van der Waals surface area contributed by atoms with Gasteiger partial charge in [0.2, 0.25) is 0 Å². The Hall–Kier alpha value is -4.10. The number of nitrogens with one attached hydrogen (secondary N) is 1. The Balaban J connectivity index is 1.70. The van der Waals surface area contributed by atoms with Gasteiger partial charge in [0.1, 0.15) is 6.04 Å². The molecule has 1 N–H and O–H groups in total. The number of hydrogen-bond donors (Lipinski definition) is 1. The van der Waals surface area contributed by atoms with Crippen molar-refractivity contribution in [3.05, 3.63) is 123 Å². The smallest absolute Gasteiger partial charge is 0.253 e. The molecule has 0 unspecified atom stereocenters. The van der Waals surface area contributed by atoms with Crippen LogP contribution in [0.5, 0.6) is 0 Å². The summed E-state index contributed by atoms with van der Waals surface area (Å²) in [7, 11) is 0. The maximum absolute atomic E-state index is 13.8. The molecule has 2 heterocycles. The van der Waals surface area contributed by atoms with E-state index in [1.54, 1.807) is 0 Å². The SMILES string of the molecule is Cc1ccc2[nH]c(=O)c([C@H](c3nnnn3C(C)(C)C)N(Cc3ccccc3)Cc3ccc(C(C)(C)C)cc3)cc2c1. The number of aromatic nitrogens is 5. The zero-order chi connectivity index (χ0) is 29.4. The third-order valence-corrected chi connectivity index (χ3v) is 7.50. The first-order valence-electron chi connectivity index (χ1n) is 14.2. The van der Waals surface area contributed by atoms with Gasteiger partial charge in [-0.3, -0.25) is 9.69 Å². The summed E-state index contributed by atoms with van der Waals surface area (Å²) in [6.45, 7) is 16.2. The third-order valence-electron chi connectivity index (χ3n) is 7.50. The van der Waals surface area contributed by atoms with Crippen molar-refractivity contribution < 1.29 is 0 Å². The molecule has 5 aromatic rings. The van der Waals surface area contributed by atoms with Gasteiger partial charge in [0, 0.05) is 24.2 Å². The van der Waals surface area contributed by atoms with Crippen molar-refractivity contribution in [2.75, 3.05) is 0 Å². The molecular weight excluding hydrogens is 508 g/mol. The lowest BCUT2D eigenvalue weighted by Crippen LogP contribution is -2.37. The maximum Gasteiger partial charge on any atom is 0.253 e. The minimum absolute atomic E-state index is 0.0656. The number of rotatable bonds is 7. The summed E-state index contributed by atoms with van der Waals surface area (Å²) in [6, 6.07) is 26.7. The highest BCUT2D eigenvalue weighted by molar-refractivity contribution is 5.79. The largest absolute Gasteiger partial charge is 0.322 e. The number of fused-ring (bicyclic) bond motifs is 1. The third kappa shape index (κ3) is 6.30. The van der Waals surface area contributed by atoms with Crippen LogP contribution in [0.3, 0.4) is 0 Å². The minimum Gasteiger partial charge on any atom is -0.322 e. The Morgan fingerprint density at radius 2 is 1.51 bits per heavy atom. The Kier molecular flexibility index (Phi) is 7.66. The zero-order valence-electron chi connectivity index (χ0n) is 25.1. The van der Waals surface area contributed by atoms with Crippen molar-refractivity contribution in [1.82, 2.24) is 30.1 Å². The van der Waals surface area contributed by atoms with E-state index in [0.29, 0.717) is 24.5 Å². The summed E-state index contributed by atoms with van der Waals surface area (Å²) in [5.41, 5.74) is 5.68. The van der Waals surface area contributed by atoms with Crippen LogP contribution in [0.25, 0.3) is 10.9 Å². The summed E-state index contributed by atoms with van der Waals surface area (Å²) in [4.78, 5) is 19.3. The fraction of sp³-hybridized carbons (Fsp3) is 0.353. The monoisotopic (exact) mass is 548 g/mol. The first-order valence-corrected chi connectivity index (χ1v) is 14.2. The maximum atomic E-state index is 13.8. The van der Waals surface area contributed by atoms with Crippen LogP contribution in [0.1, 0.15) is 81.2 Å². The van der Waals surface area contributed by atoms with E-state index in [2.05, 4.69) is 116 Å². The predicted octanol–water partition coefficient (Wildman–Crippen LogP) is 6.67. The van der Waals surface area contributed by atoms with Crippen molar-refractivity contribution >= 4 is 10.9 Å². The van der Waals surface area contributed by atoms with Gasteiger partial charge in [0.05, 0.1) is 5.54 Å². The molecule has 0 amide bonds. The van der Waals surface area contributed by atoms with Gasteiger partial charge in [-0.2, -0.15) is 0 Å². The first-order chi connectivity index (χ1) is 19.4. The molecule has 7 nitrogen and oxygen atoms in total. The molecule has 7 heteroatoms. The number of H-pyrrole nitrogens is 1. The topological polar surface area (TPSA) is 79.7 Å². The molecule has 212 valence electrons. The van der Waals surface area contributed by atoms with Gasteiger partial charge in [-0.25, -0.2) is 4.68 Å². The van der Waals surface area contributed by atoms with Crippen LogP contribution in [-0.4, -0.2) is 30.1 Å². The standard InChI is InChI=1S/C34H40N6O/c1-23-13-18-29-26(19-23)20-28(32(41)35-29)30(31-36-37-38-40(31)34(5,6)7)39(21-24-11-9-8-10-12-24)22-25-14-16-27(17-15-25)33(2,3)4/h8-20,30H,21-22H2,1-7H3,(H,35,41)/t30-/m1/s1. The number of tetrazole rings is 1. The van der Waals surface area contributed by atoms with E-state index in [1.165, 1.54) is 5.56 Å². The molecule has 41 heavy (non-hydrogen) atoms. The molecule has 5 rings (SSSR count). The Morgan fingerprint density at radius 1 is 0.854 bits per heavy atom. The lowest BCUT2D eigenvalue weighted by Gasteiger charge is -2.33. The molecule has 0 aliphatic carbocycles.